The van der Waals surface area contributed by atoms with Crippen LogP contribution in [0.4, 0.5) is 0 Å². The lowest BCUT2D eigenvalue weighted by Crippen LogP contribution is -2.42. The summed E-state index contributed by atoms with van der Waals surface area (Å²) in [4.78, 5) is 27.4. The Balaban J connectivity index is 1.46. The highest BCUT2D eigenvalue weighted by Crippen LogP contribution is 2.40. The first kappa shape index (κ1) is 19.8. The molecule has 0 unspecified atom stereocenters. The highest BCUT2D eigenvalue weighted by atomic mass is 16.5. The van der Waals surface area contributed by atoms with E-state index in [0.29, 0.717) is 19.6 Å². The molecule has 0 bridgehead atoms. The highest BCUT2D eigenvalue weighted by Gasteiger charge is 2.52. The number of benzene rings is 1. The molecule has 3 rings (SSSR count). The van der Waals surface area contributed by atoms with Crippen LogP contribution < -0.4 is 10.6 Å². The van der Waals surface area contributed by atoms with Gasteiger partial charge in [0.05, 0.1) is 11.5 Å². The number of hydrogen-bond acceptors (Lipinski definition) is 4. The Morgan fingerprint density at radius 2 is 2.15 bits per heavy atom. The molecule has 2 amide bonds. The Morgan fingerprint density at radius 3 is 2.89 bits per heavy atom. The molecule has 0 aromatic heterocycles. The maximum absolute atomic E-state index is 12.6. The molecular weight excluding hydrogens is 342 g/mol. The van der Waals surface area contributed by atoms with Crippen molar-refractivity contribution in [3.8, 4) is 0 Å². The van der Waals surface area contributed by atoms with Gasteiger partial charge in [0.2, 0.25) is 11.8 Å². The number of rotatable bonds is 8. The summed E-state index contributed by atoms with van der Waals surface area (Å²) in [6, 6.07) is 9.89. The maximum atomic E-state index is 12.6. The molecule has 2 heterocycles. The standard InChI is InChI=1S/C21H31N3O3/c1-16(2)27-12-6-10-22-19(25)18-13-21(20(26)23-18)9-11-24(15-21)14-17-7-4-3-5-8-17/h3-5,7-8,16,18H,6,9-15H2,1-2H3,(H,22,25)(H,23,26)/t18-,21-/m0/s1. The molecule has 2 aliphatic heterocycles. The van der Waals surface area contributed by atoms with Crippen LogP contribution in [0.1, 0.15) is 38.7 Å². The molecule has 2 N–H and O–H groups in total. The fourth-order valence-electron chi connectivity index (χ4n) is 4.02. The van der Waals surface area contributed by atoms with Crippen LogP contribution in [0.5, 0.6) is 0 Å². The van der Waals surface area contributed by atoms with E-state index in [0.717, 1.165) is 32.5 Å². The summed E-state index contributed by atoms with van der Waals surface area (Å²) in [5.41, 5.74) is 0.836. The summed E-state index contributed by atoms with van der Waals surface area (Å²) in [7, 11) is 0. The SMILES string of the molecule is CC(C)OCCCNC(=O)[C@@H]1C[C@]2(CCN(Cc3ccccc3)C2)C(=O)N1. The summed E-state index contributed by atoms with van der Waals surface area (Å²) >= 11 is 0. The minimum Gasteiger partial charge on any atom is -0.379 e. The monoisotopic (exact) mass is 373 g/mol. The Bertz CT molecular complexity index is 649. The number of ether oxygens (including phenoxy) is 1. The van der Waals surface area contributed by atoms with Crippen LogP contribution in [0.3, 0.4) is 0 Å². The van der Waals surface area contributed by atoms with Crippen molar-refractivity contribution < 1.29 is 14.3 Å². The Kier molecular flexibility index (Phi) is 6.50. The van der Waals surface area contributed by atoms with Gasteiger partial charge in [-0.05, 0) is 45.2 Å². The molecule has 6 heteroatoms. The smallest absolute Gasteiger partial charge is 0.242 e. The average Bonchev–Trinajstić information content (AvgIpc) is 3.19. The molecule has 2 saturated heterocycles. The van der Waals surface area contributed by atoms with Gasteiger partial charge in [0.15, 0.2) is 0 Å². The van der Waals surface area contributed by atoms with Gasteiger partial charge >= 0.3 is 0 Å². The molecule has 6 nitrogen and oxygen atoms in total. The fourth-order valence-corrected chi connectivity index (χ4v) is 4.02. The molecule has 1 aromatic rings. The van der Waals surface area contributed by atoms with Crippen LogP contribution in [0.2, 0.25) is 0 Å². The fraction of sp³-hybridized carbons (Fsp3) is 0.619. The molecule has 148 valence electrons. The zero-order valence-corrected chi connectivity index (χ0v) is 16.4. The second kappa shape index (κ2) is 8.85. The molecule has 1 aromatic carbocycles. The molecule has 0 saturated carbocycles. The van der Waals surface area contributed by atoms with Gasteiger partial charge in [-0.1, -0.05) is 30.3 Å². The highest BCUT2D eigenvalue weighted by molar-refractivity contribution is 5.94. The van der Waals surface area contributed by atoms with Crippen LogP contribution in [0.15, 0.2) is 30.3 Å². The van der Waals surface area contributed by atoms with Crippen molar-refractivity contribution in [2.75, 3.05) is 26.2 Å². The van der Waals surface area contributed by atoms with Crippen LogP contribution in [-0.4, -0.2) is 55.1 Å². The van der Waals surface area contributed by atoms with Gasteiger partial charge in [-0.2, -0.15) is 0 Å². The summed E-state index contributed by atoms with van der Waals surface area (Å²) in [6.45, 7) is 7.66. The summed E-state index contributed by atoms with van der Waals surface area (Å²) in [6.07, 6.45) is 2.39. The second-order valence-electron chi connectivity index (χ2n) is 8.02. The van der Waals surface area contributed by atoms with Crippen molar-refractivity contribution >= 4 is 11.8 Å². The van der Waals surface area contributed by atoms with Crippen LogP contribution in [0.25, 0.3) is 0 Å². The predicted octanol–water partition coefficient (Wildman–Crippen LogP) is 1.70. The molecule has 1 spiro atoms. The zero-order chi connectivity index (χ0) is 19.3. The van der Waals surface area contributed by atoms with Crippen molar-refractivity contribution in [2.45, 2.75) is 51.8 Å². The maximum Gasteiger partial charge on any atom is 0.242 e. The Labute approximate surface area is 161 Å². The van der Waals surface area contributed by atoms with Gasteiger partial charge in [-0.15, -0.1) is 0 Å². The van der Waals surface area contributed by atoms with E-state index in [2.05, 4.69) is 27.7 Å². The van der Waals surface area contributed by atoms with Gasteiger partial charge < -0.3 is 15.4 Å². The largest absolute Gasteiger partial charge is 0.379 e. The van der Waals surface area contributed by atoms with E-state index >= 15 is 0 Å². The van der Waals surface area contributed by atoms with E-state index in [1.165, 1.54) is 5.56 Å². The van der Waals surface area contributed by atoms with Crippen molar-refractivity contribution in [3.63, 3.8) is 0 Å². The van der Waals surface area contributed by atoms with E-state index in [-0.39, 0.29) is 17.9 Å². The van der Waals surface area contributed by atoms with Gasteiger partial charge in [-0.3, -0.25) is 14.5 Å². The van der Waals surface area contributed by atoms with Gasteiger partial charge in [0.1, 0.15) is 6.04 Å². The molecule has 27 heavy (non-hydrogen) atoms. The third-order valence-electron chi connectivity index (χ3n) is 5.45. The van der Waals surface area contributed by atoms with Crippen LogP contribution in [-0.2, 0) is 20.9 Å². The van der Waals surface area contributed by atoms with Crippen LogP contribution in [0, 0.1) is 5.41 Å². The molecule has 0 aliphatic carbocycles. The lowest BCUT2D eigenvalue weighted by atomic mass is 9.84. The lowest BCUT2D eigenvalue weighted by molar-refractivity contribution is -0.128. The van der Waals surface area contributed by atoms with E-state index < -0.39 is 11.5 Å². The number of carbonyl (C=O) groups excluding carboxylic acids is 2. The number of hydrogen-bond donors (Lipinski definition) is 2. The molecule has 2 aliphatic rings. The van der Waals surface area contributed by atoms with E-state index in [4.69, 9.17) is 4.74 Å². The lowest BCUT2D eigenvalue weighted by Gasteiger charge is -2.21. The molecule has 2 fully saturated rings. The van der Waals surface area contributed by atoms with Crippen molar-refractivity contribution in [1.29, 1.82) is 0 Å². The first-order valence-corrected chi connectivity index (χ1v) is 9.95. The van der Waals surface area contributed by atoms with Crippen molar-refractivity contribution in [1.82, 2.24) is 15.5 Å². The molecule has 2 atom stereocenters. The third kappa shape index (κ3) is 5.08. The minimum absolute atomic E-state index is 0.0290. The van der Waals surface area contributed by atoms with Gasteiger partial charge in [0.25, 0.3) is 0 Å². The van der Waals surface area contributed by atoms with E-state index in [1.54, 1.807) is 0 Å². The number of amides is 2. The molecule has 0 radical (unpaired) electrons. The van der Waals surface area contributed by atoms with Crippen molar-refractivity contribution in [2.24, 2.45) is 5.41 Å². The average molecular weight is 373 g/mol. The second-order valence-corrected chi connectivity index (χ2v) is 8.02. The Morgan fingerprint density at radius 1 is 1.37 bits per heavy atom. The first-order chi connectivity index (χ1) is 13.0. The van der Waals surface area contributed by atoms with E-state index in [9.17, 15) is 9.59 Å². The van der Waals surface area contributed by atoms with E-state index in [1.807, 2.05) is 32.0 Å². The number of nitrogens with zero attached hydrogens (tertiary/aromatic N) is 1. The topological polar surface area (TPSA) is 70.7 Å². The summed E-state index contributed by atoms with van der Waals surface area (Å²) in [5.74, 6) is -0.0485. The van der Waals surface area contributed by atoms with Crippen LogP contribution >= 0.6 is 0 Å². The Hall–Kier alpha value is -1.92. The summed E-state index contributed by atoms with van der Waals surface area (Å²) in [5, 5.41) is 5.85. The summed E-state index contributed by atoms with van der Waals surface area (Å²) < 4.78 is 5.48. The minimum atomic E-state index is -0.419. The zero-order valence-electron chi connectivity index (χ0n) is 16.4. The van der Waals surface area contributed by atoms with Gasteiger partial charge in [0, 0.05) is 26.2 Å². The number of carbonyl (C=O) groups is 2. The third-order valence-corrected chi connectivity index (χ3v) is 5.45. The first-order valence-electron chi connectivity index (χ1n) is 9.95. The number of likely N-dealkylation sites (tertiary alicyclic amines) is 1. The predicted molar refractivity (Wildman–Crippen MR) is 104 cm³/mol. The quantitative estimate of drug-likeness (QED) is 0.681. The van der Waals surface area contributed by atoms with Gasteiger partial charge in [-0.25, -0.2) is 0 Å². The number of nitrogens with one attached hydrogen (secondary N) is 2. The normalized spacial score (nSPS) is 25.3. The molecular formula is C21H31N3O3. The van der Waals surface area contributed by atoms with Crippen molar-refractivity contribution in [3.05, 3.63) is 35.9 Å².